The van der Waals surface area contributed by atoms with Crippen LogP contribution < -0.4 is 30.7 Å². The summed E-state index contributed by atoms with van der Waals surface area (Å²) in [4.78, 5) is 33.9. The first-order valence-corrected chi connectivity index (χ1v) is 16.3. The third-order valence-electron chi connectivity index (χ3n) is 7.67. The molecule has 0 aliphatic heterocycles. The molecule has 0 unspecified atom stereocenters. The van der Waals surface area contributed by atoms with E-state index in [0.29, 0.717) is 52.6 Å². The van der Waals surface area contributed by atoms with E-state index in [1.165, 1.54) is 12.1 Å². The van der Waals surface area contributed by atoms with E-state index in [4.69, 9.17) is 18.9 Å². The summed E-state index contributed by atoms with van der Waals surface area (Å²) in [5.41, 5.74) is 2.91. The molecule has 16 nitrogen and oxygen atoms in total. The zero-order chi connectivity index (χ0) is 36.3. The molecule has 6 aromatic rings. The fourth-order valence-corrected chi connectivity index (χ4v) is 5.20. The number of nitrogens with one attached hydrogen (secondary N) is 5. The molecule has 17 heteroatoms. The molecule has 1 atom stereocenters. The highest BCUT2D eigenvalue weighted by Gasteiger charge is 2.17. The number of ether oxygens (including phenoxy) is 4. The smallest absolute Gasteiger partial charge is 0.320 e. The number of anilines is 2. The maximum atomic E-state index is 13.2. The zero-order valence-electron chi connectivity index (χ0n) is 28.4. The normalized spacial score (nSPS) is 11.7. The number of carbonyl (C=O) groups is 2. The molecule has 0 bridgehead atoms. The fraction of sp³-hybridized carbons (Fsp3) is 0.257. The van der Waals surface area contributed by atoms with Gasteiger partial charge in [-0.2, -0.15) is 0 Å². The van der Waals surface area contributed by atoms with Crippen LogP contribution in [-0.2, 0) is 22.7 Å². The van der Waals surface area contributed by atoms with Crippen molar-refractivity contribution in [3.8, 4) is 11.8 Å². The van der Waals surface area contributed by atoms with Gasteiger partial charge in [0.15, 0.2) is 0 Å². The highest BCUT2D eigenvalue weighted by molar-refractivity contribution is 5.93. The lowest BCUT2D eigenvalue weighted by atomic mass is 10.1. The molecule has 2 aromatic carbocycles. The second-order valence-electron chi connectivity index (χ2n) is 11.3. The first-order valence-electron chi connectivity index (χ1n) is 16.3. The lowest BCUT2D eigenvalue weighted by Crippen LogP contribution is -2.35. The Labute approximate surface area is 297 Å². The van der Waals surface area contributed by atoms with Gasteiger partial charge in [-0.3, -0.25) is 15.7 Å². The van der Waals surface area contributed by atoms with Gasteiger partial charge in [0.2, 0.25) is 11.8 Å². The van der Waals surface area contributed by atoms with Crippen molar-refractivity contribution in [3.63, 3.8) is 0 Å². The summed E-state index contributed by atoms with van der Waals surface area (Å²) < 4.78 is 37.4. The maximum absolute atomic E-state index is 13.2. The van der Waals surface area contributed by atoms with Crippen LogP contribution in [0.2, 0.25) is 0 Å². The van der Waals surface area contributed by atoms with Crippen LogP contribution in [0.5, 0.6) is 11.8 Å². The van der Waals surface area contributed by atoms with Crippen molar-refractivity contribution < 1.29 is 32.9 Å². The van der Waals surface area contributed by atoms with Crippen LogP contribution in [0, 0.1) is 5.82 Å². The summed E-state index contributed by atoms with van der Waals surface area (Å²) in [6.45, 7) is 3.18. The number of halogens is 1. The first kappa shape index (κ1) is 35.5. The number of H-pyrrole nitrogens is 1. The van der Waals surface area contributed by atoms with Crippen molar-refractivity contribution in [2.24, 2.45) is 0 Å². The summed E-state index contributed by atoms with van der Waals surface area (Å²) in [6, 6.07) is 17.5. The van der Waals surface area contributed by atoms with E-state index in [2.05, 4.69) is 46.5 Å². The molecular formula is C35H37FN10O6. The second kappa shape index (κ2) is 17.1. The van der Waals surface area contributed by atoms with Gasteiger partial charge in [-0.05, 0) is 30.2 Å². The molecule has 4 aromatic heterocycles. The molecule has 0 saturated carbocycles. The molecule has 0 fully saturated rings. The number of amides is 4. The molecule has 0 spiro atoms. The van der Waals surface area contributed by atoms with Crippen LogP contribution in [0.15, 0.2) is 79.1 Å². The SMILES string of the molecule is CCOc1nn(COCCOc2n[nH]c3cc(NC(=O)N[C@H](COC)c4ccccc4)ncc23)c2cc(NC(=O)NCc3ccc(F)cc3)ncc12. The van der Waals surface area contributed by atoms with Gasteiger partial charge in [0, 0.05) is 38.2 Å². The van der Waals surface area contributed by atoms with Crippen LogP contribution in [0.25, 0.3) is 21.8 Å². The molecule has 0 radical (unpaired) electrons. The monoisotopic (exact) mass is 712 g/mol. The number of hydrogen-bond acceptors (Lipinski definition) is 10. The van der Waals surface area contributed by atoms with Gasteiger partial charge >= 0.3 is 12.1 Å². The number of benzene rings is 2. The molecule has 0 aliphatic rings. The van der Waals surface area contributed by atoms with Crippen LogP contribution in [0.3, 0.4) is 0 Å². The summed E-state index contributed by atoms with van der Waals surface area (Å²) in [5.74, 6) is 0.971. The standard InChI is InChI=1S/C35H37FN10O6/c1-3-51-33-26-19-38-31(41-34(47)39-17-22-9-11-24(36)12-10-22)16-29(26)46(45-33)21-50-13-14-52-32-25-18-37-30(15-27(25)43-44-32)42-35(48)40-28(20-49-2)23-7-5-4-6-8-23/h4-12,15-16,18-19,28H,3,13-14,17,20-21H2,1-2H3,(H,43,44)(H2,37,40,42,48)(H2,38,39,41,47)/t28-/m1/s1. The van der Waals surface area contributed by atoms with Crippen LogP contribution in [0.4, 0.5) is 25.6 Å². The zero-order valence-corrected chi connectivity index (χ0v) is 28.4. The van der Waals surface area contributed by atoms with Crippen LogP contribution in [0.1, 0.15) is 24.1 Å². The minimum Gasteiger partial charge on any atom is -0.476 e. The number of pyridine rings is 2. The molecule has 4 amide bonds. The minimum atomic E-state index is -0.477. The van der Waals surface area contributed by atoms with E-state index in [0.717, 1.165) is 11.1 Å². The Kier molecular flexibility index (Phi) is 11.6. The number of fused-ring (bicyclic) bond motifs is 2. The number of aromatic amines is 1. The predicted molar refractivity (Wildman–Crippen MR) is 190 cm³/mol. The number of aromatic nitrogens is 6. The van der Waals surface area contributed by atoms with Crippen molar-refractivity contribution >= 4 is 45.5 Å². The quantitative estimate of drug-likeness (QED) is 0.0842. The molecule has 0 saturated heterocycles. The highest BCUT2D eigenvalue weighted by atomic mass is 19.1. The Balaban J connectivity index is 1.01. The summed E-state index contributed by atoms with van der Waals surface area (Å²) in [7, 11) is 1.58. The van der Waals surface area contributed by atoms with E-state index in [9.17, 15) is 14.0 Å². The van der Waals surface area contributed by atoms with Crippen molar-refractivity contribution in [3.05, 3.63) is 96.1 Å². The van der Waals surface area contributed by atoms with E-state index in [-0.39, 0.29) is 44.2 Å². The number of hydrogen-bond donors (Lipinski definition) is 5. The Morgan fingerprint density at radius 2 is 1.65 bits per heavy atom. The van der Waals surface area contributed by atoms with Gasteiger partial charge in [-0.1, -0.05) is 42.5 Å². The van der Waals surface area contributed by atoms with E-state index in [1.54, 1.807) is 48.5 Å². The lowest BCUT2D eigenvalue weighted by molar-refractivity contribution is 0.0483. The van der Waals surface area contributed by atoms with Gasteiger partial charge < -0.3 is 29.6 Å². The van der Waals surface area contributed by atoms with Gasteiger partial charge in [0.1, 0.15) is 30.8 Å². The Hall–Kier alpha value is -6.33. The molecule has 270 valence electrons. The summed E-state index contributed by atoms with van der Waals surface area (Å²) in [5, 5.41) is 24.0. The Bertz CT molecular complexity index is 2110. The molecular weight excluding hydrogens is 675 g/mol. The number of nitrogens with zero attached hydrogens (tertiary/aromatic N) is 5. The van der Waals surface area contributed by atoms with E-state index < -0.39 is 12.1 Å². The van der Waals surface area contributed by atoms with Crippen molar-refractivity contribution in [1.82, 2.24) is 40.6 Å². The molecule has 0 aliphatic carbocycles. The third-order valence-corrected chi connectivity index (χ3v) is 7.67. The lowest BCUT2D eigenvalue weighted by Gasteiger charge is -2.18. The Morgan fingerprint density at radius 3 is 2.42 bits per heavy atom. The molecule has 52 heavy (non-hydrogen) atoms. The maximum Gasteiger partial charge on any atom is 0.320 e. The minimum absolute atomic E-state index is 0.0582. The Morgan fingerprint density at radius 1 is 0.904 bits per heavy atom. The largest absolute Gasteiger partial charge is 0.476 e. The van der Waals surface area contributed by atoms with Crippen molar-refractivity contribution in [2.45, 2.75) is 26.2 Å². The van der Waals surface area contributed by atoms with Crippen LogP contribution >= 0.6 is 0 Å². The highest BCUT2D eigenvalue weighted by Crippen LogP contribution is 2.27. The first-order chi connectivity index (χ1) is 25.4. The van der Waals surface area contributed by atoms with Gasteiger partial charge in [-0.25, -0.2) is 28.6 Å². The number of rotatable bonds is 16. The average Bonchev–Trinajstić information content (AvgIpc) is 3.71. The van der Waals surface area contributed by atoms with E-state index >= 15 is 0 Å². The molecule has 4 heterocycles. The van der Waals surface area contributed by atoms with Gasteiger partial charge in [-0.15, -0.1) is 10.2 Å². The average molecular weight is 713 g/mol. The second-order valence-corrected chi connectivity index (χ2v) is 11.3. The van der Waals surface area contributed by atoms with Crippen molar-refractivity contribution in [2.75, 3.05) is 44.2 Å². The topological polar surface area (TPSA) is 191 Å². The molecule has 5 N–H and O–H groups in total. The number of carbonyl (C=O) groups excluding carboxylic acids is 2. The summed E-state index contributed by atoms with van der Waals surface area (Å²) in [6.07, 6.45) is 3.12. The number of methoxy groups -OCH3 is 1. The summed E-state index contributed by atoms with van der Waals surface area (Å²) >= 11 is 0. The van der Waals surface area contributed by atoms with Gasteiger partial charge in [0.05, 0.1) is 47.7 Å². The van der Waals surface area contributed by atoms with Crippen molar-refractivity contribution in [1.29, 1.82) is 0 Å². The predicted octanol–water partition coefficient (Wildman–Crippen LogP) is 5.12. The number of urea groups is 2. The molecule has 6 rings (SSSR count). The van der Waals surface area contributed by atoms with Gasteiger partial charge in [0.25, 0.3) is 0 Å². The third kappa shape index (κ3) is 9.06. The van der Waals surface area contributed by atoms with E-state index in [1.807, 2.05) is 37.3 Å². The fourth-order valence-electron chi connectivity index (χ4n) is 5.20. The van der Waals surface area contributed by atoms with Crippen LogP contribution in [-0.4, -0.2) is 75.5 Å².